The lowest BCUT2D eigenvalue weighted by Gasteiger charge is -2.09. The quantitative estimate of drug-likeness (QED) is 0.444. The second-order valence-corrected chi connectivity index (χ2v) is 7.35. The Kier molecular flexibility index (Phi) is 8.73. The summed E-state index contributed by atoms with van der Waals surface area (Å²) in [6.07, 6.45) is 10.5. The van der Waals surface area contributed by atoms with Crippen molar-refractivity contribution in [3.8, 4) is 0 Å². The van der Waals surface area contributed by atoms with Crippen LogP contribution in [0.1, 0.15) is 89.3 Å². The van der Waals surface area contributed by atoms with Crippen molar-refractivity contribution in [1.29, 1.82) is 0 Å². The number of hydrogen-bond acceptors (Lipinski definition) is 2. The van der Waals surface area contributed by atoms with Gasteiger partial charge in [-0.05, 0) is 54.2 Å². The topological polar surface area (TPSA) is 74.6 Å². The van der Waals surface area contributed by atoms with Gasteiger partial charge < -0.3 is 10.2 Å². The first-order valence-electron chi connectivity index (χ1n) is 10.2. The third-order valence-corrected chi connectivity index (χ3v) is 5.07. The fraction of sp³-hybridized carbons (Fsp3) is 0.417. The minimum absolute atomic E-state index is 0.107. The van der Waals surface area contributed by atoms with E-state index in [2.05, 4.69) is 19.1 Å². The minimum atomic E-state index is -1.05. The number of carboxylic acids is 2. The normalized spacial score (nSPS) is 10.8. The van der Waals surface area contributed by atoms with Crippen LogP contribution >= 0.6 is 0 Å². The SMILES string of the molecule is CCCCCCCCCc1ccc(Cc2cc(C(=O)O)ccc2C(=O)O)cc1. The van der Waals surface area contributed by atoms with Crippen LogP contribution in [0, 0.1) is 0 Å². The maximum absolute atomic E-state index is 11.4. The van der Waals surface area contributed by atoms with Gasteiger partial charge in [-0.2, -0.15) is 0 Å². The molecule has 0 fully saturated rings. The molecule has 0 aromatic heterocycles. The molecular weight excluding hydrogens is 352 g/mol. The Bertz CT molecular complexity index is 778. The summed E-state index contributed by atoms with van der Waals surface area (Å²) in [5.74, 6) is -2.09. The number of carboxylic acid groups (broad SMARTS) is 2. The molecule has 0 aliphatic heterocycles. The summed E-state index contributed by atoms with van der Waals surface area (Å²) in [6, 6.07) is 12.4. The molecule has 0 heterocycles. The van der Waals surface area contributed by atoms with Crippen LogP contribution in [0.5, 0.6) is 0 Å². The van der Waals surface area contributed by atoms with Crippen LogP contribution in [0.25, 0.3) is 0 Å². The van der Waals surface area contributed by atoms with Crippen molar-refractivity contribution in [2.24, 2.45) is 0 Å². The molecule has 0 unspecified atom stereocenters. The summed E-state index contributed by atoms with van der Waals surface area (Å²) in [4.78, 5) is 22.6. The summed E-state index contributed by atoms with van der Waals surface area (Å²) in [7, 11) is 0. The molecule has 0 aliphatic carbocycles. The second kappa shape index (κ2) is 11.3. The Labute approximate surface area is 167 Å². The van der Waals surface area contributed by atoms with Gasteiger partial charge in [-0.3, -0.25) is 0 Å². The van der Waals surface area contributed by atoms with Gasteiger partial charge >= 0.3 is 11.9 Å². The number of benzene rings is 2. The van der Waals surface area contributed by atoms with Gasteiger partial charge in [0, 0.05) is 0 Å². The Morgan fingerprint density at radius 1 is 0.750 bits per heavy atom. The molecule has 28 heavy (non-hydrogen) atoms. The van der Waals surface area contributed by atoms with E-state index < -0.39 is 11.9 Å². The van der Waals surface area contributed by atoms with E-state index in [0.717, 1.165) is 12.0 Å². The average Bonchev–Trinajstić information content (AvgIpc) is 2.68. The van der Waals surface area contributed by atoms with Gasteiger partial charge in [-0.25, -0.2) is 9.59 Å². The molecule has 2 N–H and O–H groups in total. The van der Waals surface area contributed by atoms with Gasteiger partial charge in [0.1, 0.15) is 0 Å². The number of carbonyl (C=O) groups is 2. The highest BCUT2D eigenvalue weighted by atomic mass is 16.4. The van der Waals surface area contributed by atoms with Crippen molar-refractivity contribution in [3.05, 3.63) is 70.3 Å². The number of unbranched alkanes of at least 4 members (excludes halogenated alkanes) is 6. The third-order valence-electron chi connectivity index (χ3n) is 5.07. The summed E-state index contributed by atoms with van der Waals surface area (Å²) in [5, 5.41) is 18.5. The molecule has 0 saturated heterocycles. The van der Waals surface area contributed by atoms with Crippen LogP contribution in [0.15, 0.2) is 42.5 Å². The summed E-state index contributed by atoms with van der Waals surface area (Å²) < 4.78 is 0. The van der Waals surface area contributed by atoms with E-state index in [0.29, 0.717) is 12.0 Å². The predicted octanol–water partition coefficient (Wildman–Crippen LogP) is 5.97. The summed E-state index contributed by atoms with van der Waals surface area (Å²) >= 11 is 0. The van der Waals surface area contributed by atoms with Crippen molar-refractivity contribution in [1.82, 2.24) is 0 Å². The molecule has 0 radical (unpaired) electrons. The molecule has 0 atom stereocenters. The molecule has 4 nitrogen and oxygen atoms in total. The third kappa shape index (κ3) is 6.84. The van der Waals surface area contributed by atoms with E-state index in [1.165, 1.54) is 68.7 Å². The van der Waals surface area contributed by atoms with Crippen LogP contribution < -0.4 is 0 Å². The molecule has 2 aromatic carbocycles. The molecule has 4 heteroatoms. The summed E-state index contributed by atoms with van der Waals surface area (Å²) in [5.41, 5.74) is 3.04. The van der Waals surface area contributed by atoms with E-state index >= 15 is 0 Å². The van der Waals surface area contributed by atoms with Crippen molar-refractivity contribution >= 4 is 11.9 Å². The zero-order valence-corrected chi connectivity index (χ0v) is 16.6. The van der Waals surface area contributed by atoms with Crippen LogP contribution in [-0.4, -0.2) is 22.2 Å². The van der Waals surface area contributed by atoms with E-state index in [-0.39, 0.29) is 11.1 Å². The maximum atomic E-state index is 11.4. The minimum Gasteiger partial charge on any atom is -0.478 e. The fourth-order valence-corrected chi connectivity index (χ4v) is 3.41. The number of rotatable bonds is 12. The van der Waals surface area contributed by atoms with Crippen molar-refractivity contribution < 1.29 is 19.8 Å². The fourth-order valence-electron chi connectivity index (χ4n) is 3.41. The molecule has 0 aliphatic rings. The van der Waals surface area contributed by atoms with E-state index in [1.807, 2.05) is 12.1 Å². The predicted molar refractivity (Wildman–Crippen MR) is 111 cm³/mol. The average molecular weight is 383 g/mol. The Morgan fingerprint density at radius 2 is 1.36 bits per heavy atom. The Balaban J connectivity index is 1.92. The Morgan fingerprint density at radius 3 is 1.96 bits per heavy atom. The van der Waals surface area contributed by atoms with E-state index in [1.54, 1.807) is 0 Å². The molecular formula is C24H30O4. The first-order chi connectivity index (χ1) is 13.5. The van der Waals surface area contributed by atoms with Crippen LogP contribution in [0.4, 0.5) is 0 Å². The first kappa shape index (κ1) is 21.7. The first-order valence-corrected chi connectivity index (χ1v) is 10.2. The molecule has 2 aromatic rings. The van der Waals surface area contributed by atoms with Crippen molar-refractivity contribution in [2.75, 3.05) is 0 Å². The van der Waals surface area contributed by atoms with Crippen LogP contribution in [-0.2, 0) is 12.8 Å². The largest absolute Gasteiger partial charge is 0.478 e. The standard InChI is InChI=1S/C24H30O4/c1-2-3-4-5-6-7-8-9-18-10-12-19(13-11-18)16-21-17-20(23(25)26)14-15-22(21)24(27)28/h10-15,17H,2-9,16H2,1H3,(H,25,26)(H,27,28). The molecule has 0 saturated carbocycles. The second-order valence-electron chi connectivity index (χ2n) is 7.35. The van der Waals surface area contributed by atoms with Gasteiger partial charge in [-0.15, -0.1) is 0 Å². The maximum Gasteiger partial charge on any atom is 0.335 e. The Hall–Kier alpha value is -2.62. The molecule has 2 rings (SSSR count). The van der Waals surface area contributed by atoms with Crippen molar-refractivity contribution in [2.45, 2.75) is 64.7 Å². The van der Waals surface area contributed by atoms with Crippen LogP contribution in [0.3, 0.4) is 0 Å². The smallest absolute Gasteiger partial charge is 0.335 e. The monoisotopic (exact) mass is 382 g/mol. The van der Waals surface area contributed by atoms with E-state index in [9.17, 15) is 14.7 Å². The molecule has 0 spiro atoms. The van der Waals surface area contributed by atoms with Gasteiger partial charge in [0.25, 0.3) is 0 Å². The molecule has 0 bridgehead atoms. The number of hydrogen-bond donors (Lipinski definition) is 2. The lowest BCUT2D eigenvalue weighted by atomic mass is 9.96. The van der Waals surface area contributed by atoms with Gasteiger partial charge in [0.2, 0.25) is 0 Å². The lowest BCUT2D eigenvalue weighted by Crippen LogP contribution is -2.06. The number of aryl methyl sites for hydroxylation is 1. The zero-order chi connectivity index (χ0) is 20.4. The molecule has 150 valence electrons. The van der Waals surface area contributed by atoms with Crippen molar-refractivity contribution in [3.63, 3.8) is 0 Å². The zero-order valence-electron chi connectivity index (χ0n) is 16.6. The highest BCUT2D eigenvalue weighted by Gasteiger charge is 2.14. The molecule has 0 amide bonds. The van der Waals surface area contributed by atoms with Gasteiger partial charge in [0.15, 0.2) is 0 Å². The van der Waals surface area contributed by atoms with Gasteiger partial charge in [-0.1, -0.05) is 69.7 Å². The van der Waals surface area contributed by atoms with E-state index in [4.69, 9.17) is 5.11 Å². The highest BCUT2D eigenvalue weighted by molar-refractivity contribution is 5.93. The number of aromatic carboxylic acids is 2. The highest BCUT2D eigenvalue weighted by Crippen LogP contribution is 2.19. The van der Waals surface area contributed by atoms with Gasteiger partial charge in [0.05, 0.1) is 11.1 Å². The lowest BCUT2D eigenvalue weighted by molar-refractivity contribution is 0.0680. The van der Waals surface area contributed by atoms with Crippen LogP contribution in [0.2, 0.25) is 0 Å². The summed E-state index contributed by atoms with van der Waals surface area (Å²) in [6.45, 7) is 2.23.